The average Bonchev–Trinajstić information content (AvgIpc) is 3.09. The van der Waals surface area contributed by atoms with Crippen molar-refractivity contribution in [2.24, 2.45) is 11.0 Å². The van der Waals surface area contributed by atoms with Crippen LogP contribution in [0.25, 0.3) is 22.0 Å². The summed E-state index contributed by atoms with van der Waals surface area (Å²) >= 11 is 0. The molecule has 0 aliphatic heterocycles. The number of H-pyrrole nitrogens is 1. The molecule has 0 bridgehead atoms. The molecule has 3 rings (SSSR count). The first kappa shape index (κ1) is 20.3. The van der Waals surface area contributed by atoms with Crippen molar-refractivity contribution >= 4 is 28.2 Å². The van der Waals surface area contributed by atoms with Crippen LogP contribution in [0.1, 0.15) is 44.1 Å². The van der Waals surface area contributed by atoms with Gasteiger partial charge in [-0.1, -0.05) is 44.2 Å². The van der Waals surface area contributed by atoms with Gasteiger partial charge in [0.05, 0.1) is 4.92 Å². The monoisotopic (exact) mass is 392 g/mol. The summed E-state index contributed by atoms with van der Waals surface area (Å²) in [7, 11) is 0. The first-order chi connectivity index (χ1) is 13.9. The zero-order chi connectivity index (χ0) is 21.0. The van der Waals surface area contributed by atoms with E-state index in [0.717, 1.165) is 24.1 Å². The Morgan fingerprint density at radius 2 is 1.93 bits per heavy atom. The quantitative estimate of drug-likeness (QED) is 0.325. The van der Waals surface area contributed by atoms with Crippen LogP contribution < -0.4 is 5.43 Å². The van der Waals surface area contributed by atoms with Crippen molar-refractivity contribution in [3.63, 3.8) is 0 Å². The molecule has 0 aliphatic carbocycles. The Morgan fingerprint density at radius 1 is 1.21 bits per heavy atom. The Hall–Kier alpha value is -3.48. The summed E-state index contributed by atoms with van der Waals surface area (Å²) in [6, 6.07) is 13.9. The SMILES string of the molecule is CC(CCC(C)C)=NNC(=O)c1[nH]c2ccc([N+](=O)[O-])cc2c1-c1ccccc1. The summed E-state index contributed by atoms with van der Waals surface area (Å²) in [4.78, 5) is 26.8. The largest absolute Gasteiger partial charge is 0.350 e. The number of benzene rings is 2. The molecular formula is C22H24N4O3. The van der Waals surface area contributed by atoms with Crippen LogP contribution in [0.2, 0.25) is 0 Å². The maximum absolute atomic E-state index is 12.9. The van der Waals surface area contributed by atoms with E-state index in [1.54, 1.807) is 6.07 Å². The number of hydrazone groups is 1. The second-order valence-corrected chi connectivity index (χ2v) is 7.45. The molecule has 2 N–H and O–H groups in total. The van der Waals surface area contributed by atoms with Crippen LogP contribution in [0.4, 0.5) is 5.69 Å². The van der Waals surface area contributed by atoms with E-state index in [1.165, 1.54) is 12.1 Å². The number of rotatable bonds is 7. The third kappa shape index (κ3) is 4.68. The second-order valence-electron chi connectivity index (χ2n) is 7.45. The molecule has 7 nitrogen and oxygen atoms in total. The number of nitrogens with zero attached hydrogens (tertiary/aromatic N) is 2. The Bertz CT molecular complexity index is 1070. The van der Waals surface area contributed by atoms with Crippen LogP contribution in [-0.4, -0.2) is 21.5 Å². The number of nitro benzene ring substituents is 1. The van der Waals surface area contributed by atoms with E-state index in [4.69, 9.17) is 0 Å². The molecule has 0 spiro atoms. The van der Waals surface area contributed by atoms with E-state index < -0.39 is 4.92 Å². The molecular weight excluding hydrogens is 368 g/mol. The standard InChI is InChI=1S/C22H24N4O3/c1-14(2)9-10-15(3)24-25-22(27)21-20(16-7-5-4-6-8-16)18-13-17(26(28)29)11-12-19(18)23-21/h4-8,11-14,23H,9-10H2,1-3H3,(H,25,27). The number of aromatic amines is 1. The van der Waals surface area contributed by atoms with E-state index in [1.807, 2.05) is 37.3 Å². The van der Waals surface area contributed by atoms with Crippen LogP contribution >= 0.6 is 0 Å². The van der Waals surface area contributed by atoms with Gasteiger partial charge in [-0.2, -0.15) is 5.10 Å². The summed E-state index contributed by atoms with van der Waals surface area (Å²) in [5.41, 5.74) is 5.83. The smallest absolute Gasteiger partial charge is 0.288 e. The molecule has 29 heavy (non-hydrogen) atoms. The van der Waals surface area contributed by atoms with E-state index in [9.17, 15) is 14.9 Å². The van der Waals surface area contributed by atoms with Crippen molar-refractivity contribution in [1.82, 2.24) is 10.4 Å². The molecule has 1 aromatic heterocycles. The van der Waals surface area contributed by atoms with Crippen LogP contribution in [-0.2, 0) is 0 Å². The highest BCUT2D eigenvalue weighted by Crippen LogP contribution is 2.34. The van der Waals surface area contributed by atoms with Gasteiger partial charge in [0.15, 0.2) is 0 Å². The van der Waals surface area contributed by atoms with Crippen molar-refractivity contribution in [2.75, 3.05) is 0 Å². The maximum atomic E-state index is 12.9. The molecule has 1 amide bonds. The number of aromatic nitrogens is 1. The van der Waals surface area contributed by atoms with Crippen molar-refractivity contribution in [3.05, 3.63) is 64.3 Å². The van der Waals surface area contributed by atoms with Gasteiger partial charge < -0.3 is 4.98 Å². The Labute approximate surface area is 169 Å². The second kappa shape index (κ2) is 8.68. The molecule has 0 aliphatic rings. The third-order valence-electron chi connectivity index (χ3n) is 4.71. The van der Waals surface area contributed by atoms with Gasteiger partial charge in [-0.25, -0.2) is 5.43 Å². The molecule has 0 atom stereocenters. The summed E-state index contributed by atoms with van der Waals surface area (Å²) in [5, 5.41) is 16.1. The van der Waals surface area contributed by atoms with Crippen LogP contribution in [0.15, 0.2) is 53.6 Å². The summed E-state index contributed by atoms with van der Waals surface area (Å²) in [6.45, 7) is 6.17. The number of nitrogens with one attached hydrogen (secondary N) is 2. The Kier molecular flexibility index (Phi) is 6.07. The molecule has 7 heteroatoms. The first-order valence-electron chi connectivity index (χ1n) is 9.56. The fourth-order valence-corrected chi connectivity index (χ4v) is 3.12. The van der Waals surface area contributed by atoms with Gasteiger partial charge in [0.2, 0.25) is 0 Å². The maximum Gasteiger partial charge on any atom is 0.288 e. The molecule has 0 fully saturated rings. The lowest BCUT2D eigenvalue weighted by Gasteiger charge is -2.06. The Morgan fingerprint density at radius 3 is 2.59 bits per heavy atom. The molecule has 150 valence electrons. The van der Waals surface area contributed by atoms with Crippen LogP contribution in [0, 0.1) is 16.0 Å². The van der Waals surface area contributed by atoms with Gasteiger partial charge in [0.25, 0.3) is 11.6 Å². The highest BCUT2D eigenvalue weighted by atomic mass is 16.6. The fourth-order valence-electron chi connectivity index (χ4n) is 3.12. The predicted molar refractivity (Wildman–Crippen MR) is 115 cm³/mol. The number of amides is 1. The van der Waals surface area contributed by atoms with Crippen molar-refractivity contribution in [3.8, 4) is 11.1 Å². The number of non-ortho nitro benzene ring substituents is 1. The van der Waals surface area contributed by atoms with Gasteiger partial charge in [0, 0.05) is 34.3 Å². The van der Waals surface area contributed by atoms with Gasteiger partial charge in [-0.15, -0.1) is 0 Å². The number of carbonyl (C=O) groups excluding carboxylic acids is 1. The van der Waals surface area contributed by atoms with Gasteiger partial charge in [-0.3, -0.25) is 14.9 Å². The van der Waals surface area contributed by atoms with Crippen molar-refractivity contribution in [1.29, 1.82) is 0 Å². The molecule has 1 heterocycles. The average molecular weight is 392 g/mol. The van der Waals surface area contributed by atoms with E-state index in [2.05, 4.69) is 29.4 Å². The topological polar surface area (TPSA) is 100 Å². The first-order valence-corrected chi connectivity index (χ1v) is 9.56. The number of hydrogen-bond acceptors (Lipinski definition) is 4. The third-order valence-corrected chi connectivity index (χ3v) is 4.71. The lowest BCUT2D eigenvalue weighted by Crippen LogP contribution is -2.20. The summed E-state index contributed by atoms with van der Waals surface area (Å²) < 4.78 is 0. The number of fused-ring (bicyclic) bond motifs is 1. The molecule has 2 aromatic carbocycles. The lowest BCUT2D eigenvalue weighted by atomic mass is 10.0. The predicted octanol–water partition coefficient (Wildman–Crippen LogP) is 5.29. The number of nitro groups is 1. The van der Waals surface area contributed by atoms with Gasteiger partial charge in [-0.05, 0) is 37.3 Å². The van der Waals surface area contributed by atoms with E-state index in [-0.39, 0.29) is 11.6 Å². The minimum Gasteiger partial charge on any atom is -0.350 e. The molecule has 0 radical (unpaired) electrons. The highest BCUT2D eigenvalue weighted by molar-refractivity contribution is 6.10. The van der Waals surface area contributed by atoms with Crippen LogP contribution in [0.3, 0.4) is 0 Å². The number of hydrogen-bond donors (Lipinski definition) is 2. The van der Waals surface area contributed by atoms with E-state index >= 15 is 0 Å². The van der Waals surface area contributed by atoms with E-state index in [0.29, 0.717) is 28.1 Å². The van der Waals surface area contributed by atoms with Crippen LogP contribution in [0.5, 0.6) is 0 Å². The molecule has 3 aromatic rings. The molecule has 0 unspecified atom stereocenters. The summed E-state index contributed by atoms with van der Waals surface area (Å²) in [5.74, 6) is 0.177. The Balaban J connectivity index is 2.01. The normalized spacial score (nSPS) is 11.8. The molecule has 0 saturated heterocycles. The minimum absolute atomic E-state index is 0.0248. The highest BCUT2D eigenvalue weighted by Gasteiger charge is 2.21. The van der Waals surface area contributed by atoms with Gasteiger partial charge in [0.1, 0.15) is 5.69 Å². The molecule has 0 saturated carbocycles. The van der Waals surface area contributed by atoms with Crippen molar-refractivity contribution in [2.45, 2.75) is 33.6 Å². The lowest BCUT2D eigenvalue weighted by molar-refractivity contribution is -0.384. The fraction of sp³-hybridized carbons (Fsp3) is 0.273. The summed E-state index contributed by atoms with van der Waals surface area (Å²) in [6.07, 6.45) is 1.80. The zero-order valence-corrected chi connectivity index (χ0v) is 16.7. The van der Waals surface area contributed by atoms with Crippen molar-refractivity contribution < 1.29 is 9.72 Å². The zero-order valence-electron chi connectivity index (χ0n) is 16.7. The minimum atomic E-state index is -0.441. The van der Waals surface area contributed by atoms with Gasteiger partial charge >= 0.3 is 0 Å². The number of carbonyl (C=O) groups is 1.